The van der Waals surface area contributed by atoms with Crippen LogP contribution in [0, 0.1) is 0 Å². The molecule has 11 heavy (non-hydrogen) atoms. The lowest BCUT2D eigenvalue weighted by Gasteiger charge is -2.02. The van der Waals surface area contributed by atoms with Gasteiger partial charge in [0, 0.05) is 5.57 Å². The highest BCUT2D eigenvalue weighted by Crippen LogP contribution is 1.83. The van der Waals surface area contributed by atoms with Crippen LogP contribution < -0.4 is 5.32 Å². The third-order valence-corrected chi connectivity index (χ3v) is 0.961. The van der Waals surface area contributed by atoms with Crippen LogP contribution in [0.2, 0.25) is 0 Å². The maximum absolute atomic E-state index is 10.8. The molecule has 0 radical (unpaired) electrons. The zero-order chi connectivity index (χ0) is 8.69. The van der Waals surface area contributed by atoms with E-state index in [2.05, 4.69) is 16.6 Å². The molecule has 0 spiro atoms. The highest BCUT2D eigenvalue weighted by atomic mass is 16.5. The Morgan fingerprint density at radius 2 is 2.36 bits per heavy atom. The molecule has 0 rings (SSSR count). The predicted molar refractivity (Wildman–Crippen MR) is 39.8 cm³/mol. The molecule has 0 aliphatic heterocycles. The molecule has 0 aromatic rings. The van der Waals surface area contributed by atoms with Crippen molar-refractivity contribution in [2.75, 3.05) is 13.2 Å². The average molecular weight is 157 g/mol. The van der Waals surface area contributed by atoms with Crippen LogP contribution in [0.15, 0.2) is 12.2 Å². The van der Waals surface area contributed by atoms with Crippen molar-refractivity contribution in [2.45, 2.75) is 6.92 Å². The van der Waals surface area contributed by atoms with Crippen LogP contribution in [0.5, 0.6) is 0 Å². The van der Waals surface area contributed by atoms with E-state index in [-0.39, 0.29) is 12.5 Å². The van der Waals surface area contributed by atoms with E-state index < -0.39 is 0 Å². The lowest BCUT2D eigenvalue weighted by Crippen LogP contribution is -2.27. The molecular formula is C7H11NO3. The molecule has 0 aromatic carbocycles. The second-order valence-corrected chi connectivity index (χ2v) is 2.00. The lowest BCUT2D eigenvalue weighted by atomic mass is 10.3. The van der Waals surface area contributed by atoms with E-state index in [1.807, 2.05) is 0 Å². The molecule has 4 nitrogen and oxygen atoms in total. The summed E-state index contributed by atoms with van der Waals surface area (Å²) in [5.74, 6) is -0.223. The Morgan fingerprint density at radius 1 is 1.73 bits per heavy atom. The maximum Gasteiger partial charge on any atom is 0.293 e. The summed E-state index contributed by atoms with van der Waals surface area (Å²) in [4.78, 5) is 20.4. The summed E-state index contributed by atoms with van der Waals surface area (Å²) < 4.78 is 4.34. The number of ether oxygens (including phenoxy) is 1. The molecular weight excluding hydrogens is 146 g/mol. The van der Waals surface area contributed by atoms with E-state index >= 15 is 0 Å². The number of amides is 1. The Hall–Kier alpha value is -1.32. The van der Waals surface area contributed by atoms with Crippen molar-refractivity contribution in [3.05, 3.63) is 12.2 Å². The summed E-state index contributed by atoms with van der Waals surface area (Å²) in [7, 11) is 0. The molecule has 0 bridgehead atoms. The highest BCUT2D eigenvalue weighted by molar-refractivity contribution is 5.92. The van der Waals surface area contributed by atoms with Crippen molar-refractivity contribution in [3.8, 4) is 0 Å². The van der Waals surface area contributed by atoms with Gasteiger partial charge in [0.2, 0.25) is 5.91 Å². The minimum atomic E-state index is -0.223. The van der Waals surface area contributed by atoms with Crippen LogP contribution >= 0.6 is 0 Å². The van der Waals surface area contributed by atoms with Gasteiger partial charge in [-0.05, 0) is 6.92 Å². The molecule has 0 heterocycles. The SMILES string of the molecule is C=C(C)C(=O)NCCOC=O. The molecule has 4 heteroatoms. The van der Waals surface area contributed by atoms with Gasteiger partial charge in [-0.3, -0.25) is 9.59 Å². The predicted octanol–water partition coefficient (Wildman–Crippen LogP) is -0.148. The molecule has 0 aliphatic rings. The number of rotatable bonds is 5. The third kappa shape index (κ3) is 5.14. The summed E-state index contributed by atoms with van der Waals surface area (Å²) in [5.41, 5.74) is 0.441. The summed E-state index contributed by atoms with van der Waals surface area (Å²) in [6.45, 7) is 5.90. The molecule has 0 unspecified atom stereocenters. The van der Waals surface area contributed by atoms with Gasteiger partial charge in [0.1, 0.15) is 6.61 Å². The van der Waals surface area contributed by atoms with Crippen LogP contribution in [0.1, 0.15) is 6.92 Å². The second-order valence-electron chi connectivity index (χ2n) is 2.00. The fraction of sp³-hybridized carbons (Fsp3) is 0.429. The summed E-state index contributed by atoms with van der Waals surface area (Å²) in [5, 5.41) is 2.49. The fourth-order valence-corrected chi connectivity index (χ4v) is 0.422. The quantitative estimate of drug-likeness (QED) is 0.343. The molecule has 0 fully saturated rings. The first-order valence-electron chi connectivity index (χ1n) is 3.17. The molecule has 0 saturated heterocycles. The Labute approximate surface area is 65.2 Å². The van der Waals surface area contributed by atoms with Gasteiger partial charge in [0.05, 0.1) is 6.54 Å². The van der Waals surface area contributed by atoms with E-state index in [9.17, 15) is 9.59 Å². The summed E-state index contributed by atoms with van der Waals surface area (Å²) in [6, 6.07) is 0. The van der Waals surface area contributed by atoms with E-state index in [1.54, 1.807) is 6.92 Å². The molecule has 0 aliphatic carbocycles. The van der Waals surface area contributed by atoms with Gasteiger partial charge in [-0.15, -0.1) is 0 Å². The summed E-state index contributed by atoms with van der Waals surface area (Å²) >= 11 is 0. The monoisotopic (exact) mass is 157 g/mol. The van der Waals surface area contributed by atoms with Crippen molar-refractivity contribution in [1.29, 1.82) is 0 Å². The van der Waals surface area contributed by atoms with E-state index in [4.69, 9.17) is 0 Å². The molecule has 0 saturated carbocycles. The molecule has 0 atom stereocenters. The topological polar surface area (TPSA) is 55.4 Å². The average Bonchev–Trinajstić information content (AvgIpc) is 1.97. The fourth-order valence-electron chi connectivity index (χ4n) is 0.422. The number of hydrogen-bond donors (Lipinski definition) is 1. The first kappa shape index (κ1) is 9.68. The Kier molecular flexibility index (Phi) is 4.81. The van der Waals surface area contributed by atoms with Gasteiger partial charge >= 0.3 is 0 Å². The van der Waals surface area contributed by atoms with Crippen LogP contribution in [-0.2, 0) is 14.3 Å². The first-order chi connectivity index (χ1) is 5.18. The molecule has 62 valence electrons. The van der Waals surface area contributed by atoms with Gasteiger partial charge in [-0.25, -0.2) is 0 Å². The normalized spacial score (nSPS) is 8.45. The van der Waals surface area contributed by atoms with Crippen molar-refractivity contribution in [3.63, 3.8) is 0 Å². The van der Waals surface area contributed by atoms with Gasteiger partial charge in [0.25, 0.3) is 6.47 Å². The first-order valence-corrected chi connectivity index (χ1v) is 3.17. The number of carbonyl (C=O) groups is 2. The molecule has 0 aromatic heterocycles. The zero-order valence-corrected chi connectivity index (χ0v) is 6.42. The van der Waals surface area contributed by atoms with Gasteiger partial charge in [-0.2, -0.15) is 0 Å². The van der Waals surface area contributed by atoms with Crippen molar-refractivity contribution in [2.24, 2.45) is 0 Å². The summed E-state index contributed by atoms with van der Waals surface area (Å²) in [6.07, 6.45) is 0. The van der Waals surface area contributed by atoms with Gasteiger partial charge in [-0.1, -0.05) is 6.58 Å². The smallest absolute Gasteiger partial charge is 0.293 e. The minimum Gasteiger partial charge on any atom is -0.466 e. The highest BCUT2D eigenvalue weighted by Gasteiger charge is 1.98. The van der Waals surface area contributed by atoms with Crippen molar-refractivity contribution in [1.82, 2.24) is 5.32 Å². The minimum absolute atomic E-state index is 0.197. The third-order valence-electron chi connectivity index (χ3n) is 0.961. The van der Waals surface area contributed by atoms with Crippen LogP contribution in [0.25, 0.3) is 0 Å². The van der Waals surface area contributed by atoms with Gasteiger partial charge < -0.3 is 10.1 Å². The molecule has 1 N–H and O–H groups in total. The number of nitrogens with one attached hydrogen (secondary N) is 1. The van der Waals surface area contributed by atoms with Crippen LogP contribution in [0.4, 0.5) is 0 Å². The van der Waals surface area contributed by atoms with E-state index in [0.717, 1.165) is 0 Å². The zero-order valence-electron chi connectivity index (χ0n) is 6.42. The lowest BCUT2D eigenvalue weighted by molar-refractivity contribution is -0.129. The number of carbonyl (C=O) groups excluding carboxylic acids is 2. The van der Waals surface area contributed by atoms with E-state index in [0.29, 0.717) is 18.6 Å². The standard InChI is InChI=1S/C7H11NO3/c1-6(2)7(10)8-3-4-11-5-9/h5H,1,3-4H2,2H3,(H,8,10). The largest absolute Gasteiger partial charge is 0.466 e. The van der Waals surface area contributed by atoms with Crippen LogP contribution in [-0.4, -0.2) is 25.5 Å². The van der Waals surface area contributed by atoms with Crippen LogP contribution in [0.3, 0.4) is 0 Å². The second kappa shape index (κ2) is 5.46. The Balaban J connectivity index is 3.31. The van der Waals surface area contributed by atoms with Gasteiger partial charge in [0.15, 0.2) is 0 Å². The van der Waals surface area contributed by atoms with Crippen molar-refractivity contribution < 1.29 is 14.3 Å². The molecule has 1 amide bonds. The number of hydrogen-bond acceptors (Lipinski definition) is 3. The van der Waals surface area contributed by atoms with E-state index in [1.165, 1.54) is 0 Å². The Morgan fingerprint density at radius 3 is 2.82 bits per heavy atom. The van der Waals surface area contributed by atoms with Crippen molar-refractivity contribution >= 4 is 12.4 Å². The maximum atomic E-state index is 10.8. The Bertz CT molecular complexity index is 165.